The average Bonchev–Trinajstić information content (AvgIpc) is 2.07. The molecule has 0 saturated carbocycles. The van der Waals surface area contributed by atoms with E-state index in [0.717, 1.165) is 6.20 Å². The number of pyridine rings is 1. The summed E-state index contributed by atoms with van der Waals surface area (Å²) in [5.74, 6) is -1.19. The summed E-state index contributed by atoms with van der Waals surface area (Å²) in [6.45, 7) is 0. The van der Waals surface area contributed by atoms with Crippen molar-refractivity contribution in [3.63, 3.8) is 0 Å². The number of rotatable bonds is 2. The summed E-state index contributed by atoms with van der Waals surface area (Å²) < 4.78 is 37.2. The van der Waals surface area contributed by atoms with Crippen LogP contribution in [0.2, 0.25) is 0 Å². The fourth-order valence-electron chi connectivity index (χ4n) is 0.826. The smallest absolute Gasteiger partial charge is 0.265 e. The van der Waals surface area contributed by atoms with E-state index in [2.05, 4.69) is 20.9 Å². The van der Waals surface area contributed by atoms with Crippen LogP contribution in [-0.4, -0.2) is 11.3 Å². The standard InChI is InChI=1S/C7H3BrF3NO/c8-4-1-12-7(11)3(2-13)5(4)6(9)10/h1-2,6H. The summed E-state index contributed by atoms with van der Waals surface area (Å²) in [5.41, 5.74) is -1.37. The normalized spacial score (nSPS) is 10.5. The first-order valence-electron chi connectivity index (χ1n) is 3.15. The van der Waals surface area contributed by atoms with Crippen molar-refractivity contribution in [2.24, 2.45) is 0 Å². The first kappa shape index (κ1) is 10.2. The van der Waals surface area contributed by atoms with Gasteiger partial charge in [0.1, 0.15) is 0 Å². The van der Waals surface area contributed by atoms with E-state index in [0.29, 0.717) is 0 Å². The number of carbonyl (C=O) groups excluding carboxylic acids is 1. The van der Waals surface area contributed by atoms with Gasteiger partial charge in [0, 0.05) is 16.2 Å². The monoisotopic (exact) mass is 253 g/mol. The van der Waals surface area contributed by atoms with Gasteiger partial charge < -0.3 is 0 Å². The number of aldehydes is 1. The maximum atomic E-state index is 12.7. The third-order valence-electron chi connectivity index (χ3n) is 1.40. The van der Waals surface area contributed by atoms with Crippen molar-refractivity contribution in [3.05, 3.63) is 27.7 Å². The average molecular weight is 254 g/mol. The summed E-state index contributed by atoms with van der Waals surface area (Å²) in [4.78, 5) is 13.4. The lowest BCUT2D eigenvalue weighted by Crippen LogP contribution is -2.01. The molecule has 1 heterocycles. The molecule has 2 nitrogen and oxygen atoms in total. The molecule has 1 aromatic rings. The molecule has 0 atom stereocenters. The fourth-order valence-corrected chi connectivity index (χ4v) is 1.32. The topological polar surface area (TPSA) is 30.0 Å². The number of halogens is 4. The van der Waals surface area contributed by atoms with Gasteiger partial charge in [-0.25, -0.2) is 13.8 Å². The van der Waals surface area contributed by atoms with Gasteiger partial charge in [0.15, 0.2) is 6.29 Å². The molecule has 0 bridgehead atoms. The van der Waals surface area contributed by atoms with Crippen LogP contribution in [0.3, 0.4) is 0 Å². The highest BCUT2D eigenvalue weighted by Gasteiger charge is 2.20. The van der Waals surface area contributed by atoms with Gasteiger partial charge in [0.25, 0.3) is 6.43 Å². The Labute approximate surface area is 79.9 Å². The van der Waals surface area contributed by atoms with Gasteiger partial charge in [-0.3, -0.25) is 4.79 Å². The molecule has 13 heavy (non-hydrogen) atoms. The molecule has 0 aromatic carbocycles. The molecule has 0 radical (unpaired) electrons. The number of alkyl halides is 2. The molecule has 0 fully saturated rings. The van der Waals surface area contributed by atoms with Crippen LogP contribution in [0, 0.1) is 5.95 Å². The van der Waals surface area contributed by atoms with E-state index in [9.17, 15) is 18.0 Å². The van der Waals surface area contributed by atoms with E-state index in [1.807, 2.05) is 0 Å². The molecule has 1 aromatic heterocycles. The van der Waals surface area contributed by atoms with Gasteiger partial charge >= 0.3 is 0 Å². The van der Waals surface area contributed by atoms with Crippen molar-refractivity contribution in [2.75, 3.05) is 0 Å². The lowest BCUT2D eigenvalue weighted by atomic mass is 10.1. The molecule has 6 heteroatoms. The lowest BCUT2D eigenvalue weighted by Gasteiger charge is -2.05. The first-order chi connectivity index (χ1) is 6.07. The van der Waals surface area contributed by atoms with Gasteiger partial charge in [0.05, 0.1) is 5.56 Å². The molecule has 0 amide bonds. The predicted octanol–water partition coefficient (Wildman–Crippen LogP) is 2.73. The minimum atomic E-state index is -2.91. The van der Waals surface area contributed by atoms with Crippen molar-refractivity contribution in [1.82, 2.24) is 4.98 Å². The quantitative estimate of drug-likeness (QED) is 0.600. The van der Waals surface area contributed by atoms with Crippen LogP contribution in [-0.2, 0) is 0 Å². The van der Waals surface area contributed by atoms with Gasteiger partial charge in [-0.1, -0.05) is 0 Å². The fraction of sp³-hybridized carbons (Fsp3) is 0.143. The molecule has 0 spiro atoms. The van der Waals surface area contributed by atoms with Crippen LogP contribution in [0.5, 0.6) is 0 Å². The Bertz CT molecular complexity index is 343. The van der Waals surface area contributed by atoms with Crippen LogP contribution in [0.1, 0.15) is 22.3 Å². The highest BCUT2D eigenvalue weighted by Crippen LogP contribution is 2.29. The molecule has 0 saturated heterocycles. The molecule has 0 aliphatic carbocycles. The largest absolute Gasteiger partial charge is 0.298 e. The summed E-state index contributed by atoms with van der Waals surface area (Å²) in [6, 6.07) is 0. The predicted molar refractivity (Wildman–Crippen MR) is 42.2 cm³/mol. The van der Waals surface area contributed by atoms with E-state index >= 15 is 0 Å². The van der Waals surface area contributed by atoms with Crippen molar-refractivity contribution in [3.8, 4) is 0 Å². The second-order valence-corrected chi connectivity index (χ2v) is 3.00. The second-order valence-electron chi connectivity index (χ2n) is 2.14. The Kier molecular flexibility index (Phi) is 3.02. The molecule has 1 rings (SSSR count). The summed E-state index contributed by atoms with van der Waals surface area (Å²) >= 11 is 2.75. The Balaban J connectivity index is 3.43. The van der Waals surface area contributed by atoms with Crippen molar-refractivity contribution in [2.45, 2.75) is 6.43 Å². The first-order valence-corrected chi connectivity index (χ1v) is 3.94. The molecule has 0 N–H and O–H groups in total. The SMILES string of the molecule is O=Cc1c(F)ncc(Br)c1C(F)F. The van der Waals surface area contributed by atoms with Crippen molar-refractivity contribution in [1.29, 1.82) is 0 Å². The Hall–Kier alpha value is -0.910. The summed E-state index contributed by atoms with van der Waals surface area (Å²) in [6.07, 6.45) is -2.00. The molecule has 0 aliphatic rings. The second kappa shape index (κ2) is 3.87. The molecule has 0 aliphatic heterocycles. The maximum absolute atomic E-state index is 12.7. The highest BCUT2D eigenvalue weighted by atomic mass is 79.9. The zero-order chi connectivity index (χ0) is 10.0. The minimum absolute atomic E-state index is 0.0224. The van der Waals surface area contributed by atoms with Gasteiger partial charge in [0.2, 0.25) is 5.95 Å². The van der Waals surface area contributed by atoms with E-state index < -0.39 is 23.5 Å². The molecular weight excluding hydrogens is 251 g/mol. The summed E-state index contributed by atoms with van der Waals surface area (Å²) in [5, 5.41) is 0. The molecule has 0 unspecified atom stereocenters. The van der Waals surface area contributed by atoms with Gasteiger partial charge in [-0.2, -0.15) is 4.39 Å². The zero-order valence-corrected chi connectivity index (χ0v) is 7.69. The van der Waals surface area contributed by atoms with Crippen molar-refractivity contribution >= 4 is 22.2 Å². The number of hydrogen-bond acceptors (Lipinski definition) is 2. The lowest BCUT2D eigenvalue weighted by molar-refractivity contribution is 0.110. The van der Waals surface area contributed by atoms with Gasteiger partial charge in [-0.15, -0.1) is 0 Å². The van der Waals surface area contributed by atoms with E-state index in [4.69, 9.17) is 0 Å². The number of carbonyl (C=O) groups is 1. The third-order valence-corrected chi connectivity index (χ3v) is 2.03. The van der Waals surface area contributed by atoms with Crippen molar-refractivity contribution < 1.29 is 18.0 Å². The van der Waals surface area contributed by atoms with E-state index in [-0.39, 0.29) is 10.8 Å². The number of aromatic nitrogens is 1. The minimum Gasteiger partial charge on any atom is -0.298 e. The highest BCUT2D eigenvalue weighted by molar-refractivity contribution is 9.10. The number of hydrogen-bond donors (Lipinski definition) is 0. The summed E-state index contributed by atoms with van der Waals surface area (Å²) in [7, 11) is 0. The van der Waals surface area contributed by atoms with Crippen LogP contribution >= 0.6 is 15.9 Å². The zero-order valence-electron chi connectivity index (χ0n) is 6.10. The van der Waals surface area contributed by atoms with Crippen LogP contribution in [0.4, 0.5) is 13.2 Å². The molecular formula is C7H3BrF3NO. The Morgan fingerprint density at radius 2 is 2.15 bits per heavy atom. The van der Waals surface area contributed by atoms with Crippen LogP contribution in [0.15, 0.2) is 10.7 Å². The van der Waals surface area contributed by atoms with Gasteiger partial charge in [-0.05, 0) is 15.9 Å². The van der Waals surface area contributed by atoms with Crippen LogP contribution < -0.4 is 0 Å². The Morgan fingerprint density at radius 1 is 1.54 bits per heavy atom. The van der Waals surface area contributed by atoms with E-state index in [1.165, 1.54) is 0 Å². The molecule has 70 valence electrons. The Morgan fingerprint density at radius 3 is 2.54 bits per heavy atom. The maximum Gasteiger partial charge on any atom is 0.265 e. The van der Waals surface area contributed by atoms with Crippen LogP contribution in [0.25, 0.3) is 0 Å². The number of nitrogens with zero attached hydrogens (tertiary/aromatic N) is 1. The third kappa shape index (κ3) is 1.88. The van der Waals surface area contributed by atoms with E-state index in [1.54, 1.807) is 0 Å².